The molecule has 7 nitrogen and oxygen atoms in total. The van der Waals surface area contributed by atoms with Crippen LogP contribution in [-0.2, 0) is 33.3 Å². The minimum Gasteiger partial charge on any atom is -0.460 e. The van der Waals surface area contributed by atoms with Gasteiger partial charge in [-0.15, -0.1) is 0 Å². The van der Waals surface area contributed by atoms with Crippen LogP contribution in [0.2, 0.25) is 0 Å². The van der Waals surface area contributed by atoms with Crippen molar-refractivity contribution in [3.63, 3.8) is 0 Å². The number of hydrogen-bond donors (Lipinski definition) is 0. The van der Waals surface area contributed by atoms with Crippen molar-refractivity contribution < 1.29 is 33.3 Å². The second-order valence-corrected chi connectivity index (χ2v) is 6.26. The summed E-state index contributed by atoms with van der Waals surface area (Å²) in [4.78, 5) is 22.4. The molecule has 150 valence electrons. The van der Waals surface area contributed by atoms with Crippen molar-refractivity contribution in [1.82, 2.24) is 0 Å². The summed E-state index contributed by atoms with van der Waals surface area (Å²) in [6, 6.07) is 0. The number of ether oxygens (including phenoxy) is 5. The van der Waals surface area contributed by atoms with Crippen LogP contribution in [0.25, 0.3) is 0 Å². The maximum absolute atomic E-state index is 11.4. The van der Waals surface area contributed by atoms with Crippen LogP contribution in [0.1, 0.15) is 34.6 Å². The quantitative estimate of drug-likeness (QED) is 0.342. The largest absolute Gasteiger partial charge is 0.460 e. The van der Waals surface area contributed by atoms with E-state index in [4.69, 9.17) is 23.7 Å². The van der Waals surface area contributed by atoms with Crippen molar-refractivity contribution in [1.29, 1.82) is 0 Å². The van der Waals surface area contributed by atoms with Crippen molar-refractivity contribution in [2.75, 3.05) is 26.4 Å². The lowest BCUT2D eigenvalue weighted by atomic mass is 10.3. The maximum atomic E-state index is 11.4. The highest BCUT2D eigenvalue weighted by atomic mass is 16.6. The lowest BCUT2D eigenvalue weighted by Crippen LogP contribution is -2.29. The summed E-state index contributed by atoms with van der Waals surface area (Å²) < 4.78 is 26.8. The van der Waals surface area contributed by atoms with Crippen molar-refractivity contribution in [2.24, 2.45) is 0 Å². The van der Waals surface area contributed by atoms with E-state index in [1.54, 1.807) is 13.8 Å². The third-order valence-corrected chi connectivity index (χ3v) is 3.13. The Bertz CT molecular complexity index is 461. The molecule has 0 aliphatic rings. The number of carbonyl (C=O) groups is 2. The number of rotatable bonds is 14. The van der Waals surface area contributed by atoms with E-state index in [0.29, 0.717) is 18.8 Å². The Labute approximate surface area is 156 Å². The first-order valence-electron chi connectivity index (χ1n) is 8.66. The molecule has 0 saturated heterocycles. The number of carbonyl (C=O) groups excluding carboxylic acids is 2. The molecule has 0 aromatic carbocycles. The molecule has 0 aliphatic carbocycles. The third-order valence-electron chi connectivity index (χ3n) is 3.13. The predicted molar refractivity (Wildman–Crippen MR) is 97.8 cm³/mol. The van der Waals surface area contributed by atoms with Crippen LogP contribution in [0.3, 0.4) is 0 Å². The topological polar surface area (TPSA) is 80.3 Å². The van der Waals surface area contributed by atoms with E-state index in [0.717, 1.165) is 6.08 Å². The van der Waals surface area contributed by atoms with Crippen molar-refractivity contribution in [2.45, 2.75) is 59.0 Å². The summed E-state index contributed by atoms with van der Waals surface area (Å²) in [5, 5.41) is 0. The standard InChI is InChI=1S/C19H32O7/c1-8-18(20)25-11-16(6)23-9-14(4)22-10-15(5)24-12-17(7)26-19(21)13(2)3/h8,14-17H,1-2,9-12H2,3-7H3. The van der Waals surface area contributed by atoms with Gasteiger partial charge in [-0.1, -0.05) is 13.2 Å². The van der Waals surface area contributed by atoms with Gasteiger partial charge in [-0.3, -0.25) is 0 Å². The van der Waals surface area contributed by atoms with Crippen molar-refractivity contribution >= 4 is 11.9 Å². The van der Waals surface area contributed by atoms with Crippen LogP contribution in [0.15, 0.2) is 24.8 Å². The van der Waals surface area contributed by atoms with E-state index in [1.165, 1.54) is 0 Å². The minimum atomic E-state index is -0.473. The van der Waals surface area contributed by atoms with Gasteiger partial charge in [0.2, 0.25) is 0 Å². The fourth-order valence-corrected chi connectivity index (χ4v) is 1.62. The van der Waals surface area contributed by atoms with Gasteiger partial charge in [0.15, 0.2) is 0 Å². The molecule has 0 aliphatic heterocycles. The van der Waals surface area contributed by atoms with Gasteiger partial charge < -0.3 is 23.7 Å². The zero-order chi connectivity index (χ0) is 20.1. The zero-order valence-corrected chi connectivity index (χ0v) is 16.5. The molecule has 0 amide bonds. The van der Waals surface area contributed by atoms with E-state index in [1.807, 2.05) is 20.8 Å². The molecule has 0 fully saturated rings. The zero-order valence-electron chi connectivity index (χ0n) is 16.5. The molecule has 0 saturated carbocycles. The summed E-state index contributed by atoms with van der Waals surface area (Å²) in [6.07, 6.45) is 0.218. The van der Waals surface area contributed by atoms with Gasteiger partial charge in [0.05, 0.1) is 38.1 Å². The highest BCUT2D eigenvalue weighted by molar-refractivity contribution is 5.87. The lowest BCUT2D eigenvalue weighted by Gasteiger charge is -2.21. The van der Waals surface area contributed by atoms with Gasteiger partial charge in [0.1, 0.15) is 12.7 Å². The Balaban J connectivity index is 3.85. The lowest BCUT2D eigenvalue weighted by molar-refractivity contribution is -0.148. The summed E-state index contributed by atoms with van der Waals surface area (Å²) >= 11 is 0. The SMILES string of the molecule is C=CC(=O)OCC(C)OCC(C)OCC(C)OCC(C)OC(=O)C(=C)C. The molecule has 26 heavy (non-hydrogen) atoms. The highest BCUT2D eigenvalue weighted by Gasteiger charge is 2.14. The fraction of sp³-hybridized carbons (Fsp3) is 0.684. The van der Waals surface area contributed by atoms with Gasteiger partial charge in [-0.25, -0.2) is 9.59 Å². The summed E-state index contributed by atoms with van der Waals surface area (Å²) in [5.41, 5.74) is 0.357. The molecule has 0 spiro atoms. The third kappa shape index (κ3) is 12.6. The number of esters is 2. The first-order valence-corrected chi connectivity index (χ1v) is 8.66. The van der Waals surface area contributed by atoms with E-state index in [-0.39, 0.29) is 37.6 Å². The van der Waals surface area contributed by atoms with Gasteiger partial charge in [0.25, 0.3) is 0 Å². The van der Waals surface area contributed by atoms with Crippen molar-refractivity contribution in [3.05, 3.63) is 24.8 Å². The Morgan fingerprint density at radius 1 is 0.846 bits per heavy atom. The molecule has 0 radical (unpaired) electrons. The van der Waals surface area contributed by atoms with Crippen LogP contribution in [0.4, 0.5) is 0 Å². The Kier molecular flexibility index (Phi) is 12.6. The van der Waals surface area contributed by atoms with Crippen LogP contribution >= 0.6 is 0 Å². The first kappa shape index (κ1) is 24.3. The summed E-state index contributed by atoms with van der Waals surface area (Å²) in [7, 11) is 0. The first-order chi connectivity index (χ1) is 12.1. The van der Waals surface area contributed by atoms with Crippen molar-refractivity contribution in [3.8, 4) is 0 Å². The van der Waals surface area contributed by atoms with Gasteiger partial charge in [-0.2, -0.15) is 0 Å². The van der Waals surface area contributed by atoms with E-state index < -0.39 is 11.9 Å². The molecule has 4 unspecified atom stereocenters. The Hall–Kier alpha value is -1.70. The monoisotopic (exact) mass is 372 g/mol. The van der Waals surface area contributed by atoms with E-state index in [2.05, 4.69) is 13.2 Å². The fourth-order valence-electron chi connectivity index (χ4n) is 1.62. The van der Waals surface area contributed by atoms with Gasteiger partial charge in [-0.05, 0) is 34.6 Å². The molecule has 0 aromatic heterocycles. The highest BCUT2D eigenvalue weighted by Crippen LogP contribution is 2.04. The second kappa shape index (κ2) is 13.5. The molecule has 4 atom stereocenters. The van der Waals surface area contributed by atoms with E-state index >= 15 is 0 Å². The van der Waals surface area contributed by atoms with Crippen LogP contribution < -0.4 is 0 Å². The number of hydrogen-bond acceptors (Lipinski definition) is 7. The normalized spacial score (nSPS) is 15.4. The van der Waals surface area contributed by atoms with Crippen LogP contribution in [-0.4, -0.2) is 62.8 Å². The molecular formula is C19H32O7. The molecule has 0 aromatic rings. The molecular weight excluding hydrogens is 340 g/mol. The molecule has 0 heterocycles. The van der Waals surface area contributed by atoms with Crippen LogP contribution in [0.5, 0.6) is 0 Å². The summed E-state index contributed by atoms with van der Waals surface area (Å²) in [5.74, 6) is -0.900. The minimum absolute atomic E-state index is 0.141. The average molecular weight is 372 g/mol. The second-order valence-electron chi connectivity index (χ2n) is 6.26. The molecule has 7 heteroatoms. The Morgan fingerprint density at radius 3 is 1.69 bits per heavy atom. The Morgan fingerprint density at radius 2 is 1.27 bits per heavy atom. The molecule has 0 rings (SSSR count). The van der Waals surface area contributed by atoms with E-state index in [9.17, 15) is 9.59 Å². The predicted octanol–water partition coefficient (Wildman–Crippen LogP) is 2.44. The van der Waals surface area contributed by atoms with Gasteiger partial charge in [0, 0.05) is 11.6 Å². The maximum Gasteiger partial charge on any atom is 0.333 e. The average Bonchev–Trinajstić information content (AvgIpc) is 2.60. The smallest absolute Gasteiger partial charge is 0.333 e. The van der Waals surface area contributed by atoms with Crippen LogP contribution in [0, 0.1) is 0 Å². The summed E-state index contributed by atoms with van der Waals surface area (Å²) in [6.45, 7) is 17.0. The molecule has 0 bridgehead atoms. The van der Waals surface area contributed by atoms with Gasteiger partial charge >= 0.3 is 11.9 Å². The molecule has 0 N–H and O–H groups in total.